The second kappa shape index (κ2) is 7.12. The second-order valence-electron chi connectivity index (χ2n) is 4.34. The van der Waals surface area contributed by atoms with Crippen molar-refractivity contribution in [3.63, 3.8) is 0 Å². The molecule has 19 heavy (non-hydrogen) atoms. The Labute approximate surface area is 151 Å². The third kappa shape index (κ3) is 5.47. The van der Waals surface area contributed by atoms with Crippen LogP contribution in [0.5, 0.6) is 0 Å². The van der Waals surface area contributed by atoms with Gasteiger partial charge in [0.1, 0.15) is 6.61 Å². The van der Waals surface area contributed by atoms with Crippen molar-refractivity contribution in [2.24, 2.45) is 0 Å². The van der Waals surface area contributed by atoms with Crippen LogP contribution in [0.4, 0.5) is 17.7 Å². The van der Waals surface area contributed by atoms with Crippen LogP contribution in [0.3, 0.4) is 0 Å². The molecule has 1 aromatic rings. The molecule has 1 N–H and O–H groups in total. The number of halogens is 3. The third-order valence-corrected chi connectivity index (χ3v) is 2.84. The Hall–Kier alpha value is -0.0187. The van der Waals surface area contributed by atoms with E-state index in [1.165, 1.54) is 0 Å². The molecule has 0 bridgehead atoms. The van der Waals surface area contributed by atoms with Crippen molar-refractivity contribution in [1.29, 1.82) is 0 Å². The minimum Gasteiger partial charge on any atom is -0.449 e. The third-order valence-electron chi connectivity index (χ3n) is 2.84. The van der Waals surface area contributed by atoms with E-state index in [1.807, 2.05) is 6.07 Å². The topological polar surface area (TPSA) is 38.3 Å². The van der Waals surface area contributed by atoms with Gasteiger partial charge in [0.15, 0.2) is 0 Å². The Morgan fingerprint density at radius 1 is 1.32 bits per heavy atom. The number of hydrogen-bond acceptors (Lipinski definition) is 2. The van der Waals surface area contributed by atoms with E-state index in [-0.39, 0.29) is 64.4 Å². The Morgan fingerprint density at radius 3 is 2.47 bits per heavy atom. The molecule has 1 amide bonds. The van der Waals surface area contributed by atoms with Crippen LogP contribution < -0.4 is 56.7 Å². The van der Waals surface area contributed by atoms with E-state index >= 15 is 0 Å². The first kappa shape index (κ1) is 17.0. The van der Waals surface area contributed by atoms with Crippen LogP contribution in [0, 0.1) is 0 Å². The van der Waals surface area contributed by atoms with Gasteiger partial charge in [0, 0.05) is 6.04 Å². The summed E-state index contributed by atoms with van der Waals surface area (Å²) in [7, 11) is 0. The number of carbonyl (C=O) groups is 1. The van der Waals surface area contributed by atoms with Gasteiger partial charge in [0.2, 0.25) is 0 Å². The first-order valence-electron chi connectivity index (χ1n) is 5.64. The predicted octanol–water partition coefficient (Wildman–Crippen LogP) is -0.0933. The van der Waals surface area contributed by atoms with Crippen LogP contribution in [-0.4, -0.2) is 19.1 Å². The van der Waals surface area contributed by atoms with E-state index in [1.54, 1.807) is 24.3 Å². The van der Waals surface area contributed by atoms with Crippen molar-refractivity contribution < 1.29 is 73.9 Å². The molecule has 0 saturated heterocycles. The zero-order valence-corrected chi connectivity index (χ0v) is 13.6. The van der Waals surface area contributed by atoms with E-state index in [0.717, 1.165) is 5.56 Å². The molecule has 2 atom stereocenters. The standard InChI is InChI=1S/C11H12BF3NO2.K/c13-12(14,15)9-6-10(9)16-11(17)18-7-8-4-2-1-3-5-8;/h1-5,9-10H,6-7H2,(H,16,17);/q-1;+1/t9-,10-;/m0./s1. The summed E-state index contributed by atoms with van der Waals surface area (Å²) in [6.45, 7) is -4.80. The largest absolute Gasteiger partial charge is 1.00 e. The van der Waals surface area contributed by atoms with Gasteiger partial charge in [-0.2, -0.15) is 0 Å². The Kier molecular flexibility index (Phi) is 6.39. The number of nitrogens with one attached hydrogen (secondary N) is 1. The minimum absolute atomic E-state index is 0. The second-order valence-corrected chi connectivity index (χ2v) is 4.34. The molecule has 1 saturated carbocycles. The van der Waals surface area contributed by atoms with Crippen LogP contribution in [0.25, 0.3) is 0 Å². The van der Waals surface area contributed by atoms with Crippen molar-refractivity contribution in [1.82, 2.24) is 5.32 Å². The number of benzene rings is 1. The predicted molar refractivity (Wildman–Crippen MR) is 61.0 cm³/mol. The molecule has 98 valence electrons. The number of rotatable bonds is 4. The number of alkyl carbamates (subject to hydrolysis) is 1. The minimum atomic E-state index is -4.86. The molecule has 8 heteroatoms. The number of amides is 1. The maximum Gasteiger partial charge on any atom is 1.00 e. The first-order valence-corrected chi connectivity index (χ1v) is 5.64. The number of hydrogen-bond donors (Lipinski definition) is 1. The Balaban J connectivity index is 0.00000180. The van der Waals surface area contributed by atoms with E-state index in [0.29, 0.717) is 0 Å². The van der Waals surface area contributed by atoms with Gasteiger partial charge in [-0.1, -0.05) is 42.6 Å². The van der Waals surface area contributed by atoms with E-state index in [9.17, 15) is 17.7 Å². The van der Waals surface area contributed by atoms with Crippen LogP contribution in [-0.2, 0) is 11.3 Å². The molecule has 1 fully saturated rings. The van der Waals surface area contributed by atoms with Crippen LogP contribution in [0.2, 0.25) is 5.82 Å². The molecule has 3 nitrogen and oxygen atoms in total. The van der Waals surface area contributed by atoms with Crippen molar-refractivity contribution in [3.8, 4) is 0 Å². The van der Waals surface area contributed by atoms with Crippen molar-refractivity contribution in [2.45, 2.75) is 24.9 Å². The van der Waals surface area contributed by atoms with Crippen molar-refractivity contribution >= 4 is 13.1 Å². The van der Waals surface area contributed by atoms with Crippen LogP contribution in [0.1, 0.15) is 12.0 Å². The molecule has 1 aliphatic carbocycles. The van der Waals surface area contributed by atoms with Gasteiger partial charge in [0.05, 0.1) is 0 Å². The van der Waals surface area contributed by atoms with Gasteiger partial charge in [0.25, 0.3) is 0 Å². The Morgan fingerprint density at radius 2 is 1.95 bits per heavy atom. The fourth-order valence-electron chi connectivity index (χ4n) is 1.71. The summed E-state index contributed by atoms with van der Waals surface area (Å²) >= 11 is 0. The normalized spacial score (nSPS) is 21.2. The quantitative estimate of drug-likeness (QED) is 0.789. The summed E-state index contributed by atoms with van der Waals surface area (Å²) in [6, 6.07) is 8.13. The molecular weight excluding hydrogens is 285 g/mol. The zero-order valence-electron chi connectivity index (χ0n) is 10.5. The molecule has 2 rings (SSSR count). The molecule has 0 aliphatic heterocycles. The summed E-state index contributed by atoms with van der Waals surface area (Å²) in [5, 5.41) is 2.22. The van der Waals surface area contributed by atoms with Gasteiger partial charge in [-0.05, 0) is 5.56 Å². The molecular formula is C11H12BF3KNO2. The summed E-state index contributed by atoms with van der Waals surface area (Å²) in [6.07, 6.45) is -0.837. The first-order chi connectivity index (χ1) is 8.47. The monoisotopic (exact) mass is 297 g/mol. The SMILES string of the molecule is O=C(N[C@H]1C[C@@H]1[B-](F)(F)F)OCc1ccccc1.[K+]. The van der Waals surface area contributed by atoms with Gasteiger partial charge < -0.3 is 23.0 Å². The van der Waals surface area contributed by atoms with E-state index < -0.39 is 24.9 Å². The summed E-state index contributed by atoms with van der Waals surface area (Å²) in [4.78, 5) is 11.2. The van der Waals surface area contributed by atoms with E-state index in [4.69, 9.17) is 4.74 Å². The maximum atomic E-state index is 12.3. The number of carbonyl (C=O) groups excluding carboxylic acids is 1. The summed E-state index contributed by atoms with van der Waals surface area (Å²) in [5.74, 6) is -1.37. The van der Waals surface area contributed by atoms with Crippen LogP contribution in [0.15, 0.2) is 30.3 Å². The van der Waals surface area contributed by atoms with Gasteiger partial charge in [-0.15, -0.1) is 0 Å². The number of ether oxygens (including phenoxy) is 1. The molecule has 0 radical (unpaired) electrons. The maximum absolute atomic E-state index is 12.3. The fraction of sp³-hybridized carbons (Fsp3) is 0.364. The zero-order chi connectivity index (χ0) is 13.2. The van der Waals surface area contributed by atoms with Gasteiger partial charge in [-0.25, -0.2) is 4.79 Å². The van der Waals surface area contributed by atoms with Crippen LogP contribution >= 0.6 is 0 Å². The van der Waals surface area contributed by atoms with Gasteiger partial charge >= 0.3 is 64.5 Å². The van der Waals surface area contributed by atoms with Gasteiger partial charge in [-0.3, -0.25) is 0 Å². The average molecular weight is 297 g/mol. The molecule has 1 aliphatic rings. The average Bonchev–Trinajstić information content (AvgIpc) is 3.07. The molecule has 0 unspecified atom stereocenters. The molecule has 0 aromatic heterocycles. The smallest absolute Gasteiger partial charge is 0.449 e. The fourth-order valence-corrected chi connectivity index (χ4v) is 1.71. The van der Waals surface area contributed by atoms with Crippen molar-refractivity contribution in [2.75, 3.05) is 0 Å². The summed E-state index contributed by atoms with van der Waals surface area (Å²) < 4.78 is 41.6. The summed E-state index contributed by atoms with van der Waals surface area (Å²) in [5.41, 5.74) is 0.792. The van der Waals surface area contributed by atoms with Crippen molar-refractivity contribution in [3.05, 3.63) is 35.9 Å². The Bertz CT molecular complexity index is 430. The molecule has 1 aromatic carbocycles. The molecule has 0 spiro atoms. The molecule has 0 heterocycles. The van der Waals surface area contributed by atoms with E-state index in [2.05, 4.69) is 5.32 Å².